The number of anilines is 1. The van der Waals surface area contributed by atoms with Crippen LogP contribution in [-0.2, 0) is 6.54 Å². The van der Waals surface area contributed by atoms with E-state index in [1.807, 2.05) is 48.5 Å². The van der Waals surface area contributed by atoms with Gasteiger partial charge in [0.05, 0.1) is 23.9 Å². The second-order valence-electron chi connectivity index (χ2n) is 4.51. The Morgan fingerprint density at radius 3 is 2.55 bits per heavy atom. The minimum absolute atomic E-state index is 0.681. The van der Waals surface area contributed by atoms with Gasteiger partial charge in [0.15, 0.2) is 0 Å². The Balaban J connectivity index is 2.01. The Morgan fingerprint density at radius 2 is 1.85 bits per heavy atom. The van der Waals surface area contributed by atoms with Gasteiger partial charge < -0.3 is 10.1 Å². The lowest BCUT2D eigenvalue weighted by Gasteiger charge is -2.12. The van der Waals surface area contributed by atoms with Crippen molar-refractivity contribution < 1.29 is 4.74 Å². The summed E-state index contributed by atoms with van der Waals surface area (Å²) in [4.78, 5) is 0. The van der Waals surface area contributed by atoms with Gasteiger partial charge in [0.2, 0.25) is 0 Å². The highest BCUT2D eigenvalue weighted by molar-refractivity contribution is 5.56. The minimum atomic E-state index is 0.681. The van der Waals surface area contributed by atoms with Crippen LogP contribution in [0.5, 0.6) is 5.75 Å². The molecule has 20 heavy (non-hydrogen) atoms. The first-order valence-electron chi connectivity index (χ1n) is 6.78. The summed E-state index contributed by atoms with van der Waals surface area (Å²) in [5, 5.41) is 12.1. The van der Waals surface area contributed by atoms with E-state index < -0.39 is 0 Å². The maximum Gasteiger partial charge on any atom is 0.142 e. The molecule has 0 aromatic heterocycles. The van der Waals surface area contributed by atoms with E-state index in [4.69, 9.17) is 10.00 Å². The smallest absolute Gasteiger partial charge is 0.142 e. The van der Waals surface area contributed by atoms with E-state index in [1.165, 1.54) is 0 Å². The minimum Gasteiger partial charge on any atom is -0.491 e. The molecule has 0 fully saturated rings. The summed E-state index contributed by atoms with van der Waals surface area (Å²) in [6.07, 6.45) is 0.990. The number of nitriles is 1. The van der Waals surface area contributed by atoms with Crippen LogP contribution in [0.3, 0.4) is 0 Å². The van der Waals surface area contributed by atoms with Crippen LogP contribution in [0.2, 0.25) is 0 Å². The van der Waals surface area contributed by atoms with E-state index >= 15 is 0 Å². The second-order valence-corrected chi connectivity index (χ2v) is 4.51. The molecule has 0 spiro atoms. The van der Waals surface area contributed by atoms with Gasteiger partial charge in [0.25, 0.3) is 0 Å². The topological polar surface area (TPSA) is 45.0 Å². The molecule has 0 heterocycles. The van der Waals surface area contributed by atoms with Crippen LogP contribution in [0.4, 0.5) is 5.69 Å². The Labute approximate surface area is 119 Å². The molecule has 0 amide bonds. The summed E-state index contributed by atoms with van der Waals surface area (Å²) in [5.41, 5.74) is 2.81. The van der Waals surface area contributed by atoms with Crippen molar-refractivity contribution in [2.45, 2.75) is 19.9 Å². The van der Waals surface area contributed by atoms with Crippen molar-refractivity contribution in [3.8, 4) is 11.8 Å². The van der Waals surface area contributed by atoms with Gasteiger partial charge in [-0.05, 0) is 36.2 Å². The maximum absolute atomic E-state index is 8.77. The number of nitrogens with one attached hydrogen (secondary N) is 1. The van der Waals surface area contributed by atoms with Crippen LogP contribution in [-0.4, -0.2) is 6.61 Å². The van der Waals surface area contributed by atoms with Gasteiger partial charge in [-0.2, -0.15) is 5.26 Å². The fourth-order valence-corrected chi connectivity index (χ4v) is 1.84. The lowest BCUT2D eigenvalue weighted by Crippen LogP contribution is -2.03. The van der Waals surface area contributed by atoms with Crippen molar-refractivity contribution in [1.82, 2.24) is 0 Å². The van der Waals surface area contributed by atoms with E-state index in [0.717, 1.165) is 30.0 Å². The Hall–Kier alpha value is -2.47. The van der Waals surface area contributed by atoms with Crippen LogP contribution in [0.1, 0.15) is 24.5 Å². The summed E-state index contributed by atoms with van der Waals surface area (Å²) < 4.78 is 5.71. The predicted molar refractivity (Wildman–Crippen MR) is 80.7 cm³/mol. The molecule has 0 bridgehead atoms. The molecule has 3 heteroatoms. The summed E-state index contributed by atoms with van der Waals surface area (Å²) >= 11 is 0. The lowest BCUT2D eigenvalue weighted by molar-refractivity contribution is 0.319. The molecule has 0 saturated carbocycles. The Morgan fingerprint density at radius 1 is 1.10 bits per heavy atom. The molecule has 2 aromatic carbocycles. The molecule has 102 valence electrons. The average molecular weight is 266 g/mol. The van der Waals surface area contributed by atoms with Gasteiger partial charge in [-0.1, -0.05) is 31.2 Å². The van der Waals surface area contributed by atoms with Crippen molar-refractivity contribution >= 4 is 5.69 Å². The van der Waals surface area contributed by atoms with Crippen LogP contribution in [0.25, 0.3) is 0 Å². The van der Waals surface area contributed by atoms with Gasteiger partial charge >= 0.3 is 0 Å². The van der Waals surface area contributed by atoms with Crippen molar-refractivity contribution in [3.63, 3.8) is 0 Å². The number of hydrogen-bond donors (Lipinski definition) is 1. The molecule has 0 aliphatic carbocycles. The molecule has 2 aromatic rings. The number of rotatable bonds is 6. The summed E-state index contributed by atoms with van der Waals surface area (Å²) in [5.74, 6) is 0.878. The molecule has 1 N–H and O–H groups in total. The normalized spacial score (nSPS) is 9.80. The van der Waals surface area contributed by atoms with Crippen LogP contribution < -0.4 is 10.1 Å². The highest BCUT2D eigenvalue weighted by Gasteiger charge is 2.02. The summed E-state index contributed by atoms with van der Waals surface area (Å²) in [7, 11) is 0. The fraction of sp³-hybridized carbons (Fsp3) is 0.235. The van der Waals surface area contributed by atoms with Gasteiger partial charge in [0, 0.05) is 6.54 Å². The van der Waals surface area contributed by atoms with Crippen molar-refractivity contribution in [1.29, 1.82) is 5.26 Å². The van der Waals surface area contributed by atoms with Gasteiger partial charge in [-0.3, -0.25) is 0 Å². The lowest BCUT2D eigenvalue weighted by atomic mass is 10.1. The third-order valence-electron chi connectivity index (χ3n) is 2.91. The highest BCUT2D eigenvalue weighted by Crippen LogP contribution is 2.24. The number of nitrogens with zero attached hydrogens (tertiary/aromatic N) is 1. The van der Waals surface area contributed by atoms with Crippen molar-refractivity contribution in [2.24, 2.45) is 0 Å². The molecular formula is C17H18N2O. The first-order valence-corrected chi connectivity index (χ1v) is 6.78. The SMILES string of the molecule is CCCOc1ccccc1NCc1ccc(C#N)cc1. The Kier molecular flexibility index (Phi) is 5.02. The average Bonchev–Trinajstić information content (AvgIpc) is 2.52. The number of para-hydroxylation sites is 2. The standard InChI is InChI=1S/C17H18N2O/c1-2-11-20-17-6-4-3-5-16(17)19-13-15-9-7-14(12-18)8-10-15/h3-10,19H,2,11,13H2,1H3. The fourth-order valence-electron chi connectivity index (χ4n) is 1.84. The van der Waals surface area contributed by atoms with E-state index in [9.17, 15) is 0 Å². The van der Waals surface area contributed by atoms with Crippen LogP contribution in [0, 0.1) is 11.3 Å². The zero-order valence-electron chi connectivity index (χ0n) is 11.6. The maximum atomic E-state index is 8.77. The third kappa shape index (κ3) is 3.76. The number of hydrogen-bond acceptors (Lipinski definition) is 3. The Bertz CT molecular complexity index is 585. The van der Waals surface area contributed by atoms with Crippen LogP contribution >= 0.6 is 0 Å². The van der Waals surface area contributed by atoms with E-state index in [-0.39, 0.29) is 0 Å². The first kappa shape index (κ1) is 14.0. The third-order valence-corrected chi connectivity index (χ3v) is 2.91. The molecular weight excluding hydrogens is 248 g/mol. The highest BCUT2D eigenvalue weighted by atomic mass is 16.5. The van der Waals surface area contributed by atoms with Gasteiger partial charge in [-0.25, -0.2) is 0 Å². The number of ether oxygens (including phenoxy) is 1. The van der Waals surface area contributed by atoms with E-state index in [2.05, 4.69) is 18.3 Å². The molecule has 0 saturated heterocycles. The van der Waals surface area contributed by atoms with Gasteiger partial charge in [0.1, 0.15) is 5.75 Å². The molecule has 0 aliphatic rings. The molecule has 3 nitrogen and oxygen atoms in total. The van der Waals surface area contributed by atoms with E-state index in [0.29, 0.717) is 12.1 Å². The summed E-state index contributed by atoms with van der Waals surface area (Å²) in [6, 6.07) is 17.6. The molecule has 0 unspecified atom stereocenters. The number of benzene rings is 2. The monoisotopic (exact) mass is 266 g/mol. The summed E-state index contributed by atoms with van der Waals surface area (Å²) in [6.45, 7) is 3.51. The quantitative estimate of drug-likeness (QED) is 0.860. The zero-order valence-corrected chi connectivity index (χ0v) is 11.6. The predicted octanol–water partition coefficient (Wildman–Crippen LogP) is 3.96. The molecule has 2 rings (SSSR count). The van der Waals surface area contributed by atoms with E-state index in [1.54, 1.807) is 0 Å². The molecule has 0 atom stereocenters. The first-order chi connectivity index (χ1) is 9.83. The zero-order chi connectivity index (χ0) is 14.2. The van der Waals surface area contributed by atoms with Crippen molar-refractivity contribution in [2.75, 3.05) is 11.9 Å². The second kappa shape index (κ2) is 7.20. The van der Waals surface area contributed by atoms with Crippen LogP contribution in [0.15, 0.2) is 48.5 Å². The van der Waals surface area contributed by atoms with Crippen molar-refractivity contribution in [3.05, 3.63) is 59.7 Å². The molecule has 0 aliphatic heterocycles. The molecule has 0 radical (unpaired) electrons. The largest absolute Gasteiger partial charge is 0.491 e. The van der Waals surface area contributed by atoms with Gasteiger partial charge in [-0.15, -0.1) is 0 Å².